The molecule has 136 valence electrons. The standard InChI is InChI=1S/C19H20ClN3OS2/c1-2-10-25-19-21-16(20)15-13-8-9-23(11-14(13)26-17(15)22-19)18(24)12-6-4-3-5-7-12/h3-7,13-14H,2,8-11H2,1H3. The number of hydrogen-bond donors (Lipinski definition) is 0. The van der Waals surface area contributed by atoms with Crippen molar-refractivity contribution < 1.29 is 4.79 Å². The van der Waals surface area contributed by atoms with Gasteiger partial charge in [-0.3, -0.25) is 4.79 Å². The van der Waals surface area contributed by atoms with Crippen molar-refractivity contribution in [2.24, 2.45) is 0 Å². The number of carbonyl (C=O) groups excluding carboxylic acids is 1. The molecule has 2 aliphatic rings. The molecule has 2 atom stereocenters. The highest BCUT2D eigenvalue weighted by Gasteiger charge is 2.42. The van der Waals surface area contributed by atoms with Crippen molar-refractivity contribution in [2.75, 3.05) is 18.8 Å². The maximum atomic E-state index is 12.8. The van der Waals surface area contributed by atoms with Crippen molar-refractivity contribution in [1.82, 2.24) is 14.9 Å². The average molecular weight is 406 g/mol. The van der Waals surface area contributed by atoms with E-state index < -0.39 is 0 Å². The number of piperidine rings is 1. The molecule has 26 heavy (non-hydrogen) atoms. The Hall–Kier alpha value is -1.24. The summed E-state index contributed by atoms with van der Waals surface area (Å²) >= 11 is 9.92. The smallest absolute Gasteiger partial charge is 0.253 e. The fourth-order valence-corrected chi connectivity index (χ4v) is 6.19. The second kappa shape index (κ2) is 7.79. The van der Waals surface area contributed by atoms with Gasteiger partial charge in [0.15, 0.2) is 5.16 Å². The molecule has 3 heterocycles. The first-order valence-electron chi connectivity index (χ1n) is 8.88. The highest BCUT2D eigenvalue weighted by Crippen LogP contribution is 2.50. The highest BCUT2D eigenvalue weighted by atomic mass is 35.5. The van der Waals surface area contributed by atoms with Crippen LogP contribution in [0.1, 0.15) is 41.6 Å². The molecule has 2 unspecified atom stereocenters. The Morgan fingerprint density at radius 3 is 2.92 bits per heavy atom. The van der Waals surface area contributed by atoms with Gasteiger partial charge >= 0.3 is 0 Å². The summed E-state index contributed by atoms with van der Waals surface area (Å²) in [6.45, 7) is 3.62. The summed E-state index contributed by atoms with van der Waals surface area (Å²) in [4.78, 5) is 24.0. The fourth-order valence-electron chi connectivity index (χ4n) is 3.52. The van der Waals surface area contributed by atoms with Gasteiger partial charge in [0, 0.05) is 41.1 Å². The van der Waals surface area contributed by atoms with E-state index in [2.05, 4.69) is 11.9 Å². The Morgan fingerprint density at radius 1 is 1.35 bits per heavy atom. The highest BCUT2D eigenvalue weighted by molar-refractivity contribution is 8.00. The Balaban J connectivity index is 1.52. The molecule has 1 fully saturated rings. The fraction of sp³-hybridized carbons (Fsp3) is 0.421. The maximum Gasteiger partial charge on any atom is 0.253 e. The maximum absolute atomic E-state index is 12.8. The van der Waals surface area contributed by atoms with Crippen LogP contribution >= 0.6 is 35.1 Å². The van der Waals surface area contributed by atoms with E-state index in [4.69, 9.17) is 16.6 Å². The van der Waals surface area contributed by atoms with E-state index in [0.717, 1.165) is 53.0 Å². The Bertz CT molecular complexity index is 818. The number of rotatable bonds is 4. The number of thioether (sulfide) groups is 2. The predicted molar refractivity (Wildman–Crippen MR) is 107 cm³/mol. The molecule has 0 N–H and O–H groups in total. The minimum atomic E-state index is 0.108. The zero-order valence-electron chi connectivity index (χ0n) is 14.5. The Morgan fingerprint density at radius 2 is 2.15 bits per heavy atom. The monoisotopic (exact) mass is 405 g/mol. The molecular formula is C19H20ClN3OS2. The van der Waals surface area contributed by atoms with Gasteiger partial charge in [-0.15, -0.1) is 11.8 Å². The molecule has 0 saturated carbocycles. The molecule has 0 spiro atoms. The van der Waals surface area contributed by atoms with Crippen molar-refractivity contribution in [3.05, 3.63) is 46.6 Å². The average Bonchev–Trinajstić information content (AvgIpc) is 3.04. The molecule has 0 aliphatic carbocycles. The molecule has 1 aromatic heterocycles. The van der Waals surface area contributed by atoms with E-state index >= 15 is 0 Å². The van der Waals surface area contributed by atoms with E-state index in [1.807, 2.05) is 35.2 Å². The van der Waals surface area contributed by atoms with Crippen LogP contribution in [-0.2, 0) is 0 Å². The molecule has 4 nitrogen and oxygen atoms in total. The van der Waals surface area contributed by atoms with Gasteiger partial charge in [0.2, 0.25) is 0 Å². The third kappa shape index (κ3) is 3.47. The lowest BCUT2D eigenvalue weighted by Gasteiger charge is -2.34. The SMILES string of the molecule is CCCSc1nc(Cl)c2c(n1)SC1CN(C(=O)c3ccccc3)CCC21. The summed E-state index contributed by atoms with van der Waals surface area (Å²) in [5, 5.41) is 2.67. The predicted octanol–water partition coefficient (Wildman–Crippen LogP) is 4.74. The molecule has 1 aromatic carbocycles. The van der Waals surface area contributed by atoms with Crippen LogP contribution in [0.25, 0.3) is 0 Å². The largest absolute Gasteiger partial charge is 0.337 e. The van der Waals surface area contributed by atoms with Crippen molar-refractivity contribution in [3.63, 3.8) is 0 Å². The lowest BCUT2D eigenvalue weighted by Crippen LogP contribution is -2.43. The molecule has 7 heteroatoms. The number of likely N-dealkylation sites (tertiary alicyclic amines) is 1. The number of nitrogens with zero attached hydrogens (tertiary/aromatic N) is 3. The number of fused-ring (bicyclic) bond motifs is 3. The second-order valence-electron chi connectivity index (χ2n) is 6.53. The minimum absolute atomic E-state index is 0.108. The van der Waals surface area contributed by atoms with Crippen molar-refractivity contribution >= 4 is 41.0 Å². The van der Waals surface area contributed by atoms with Gasteiger partial charge in [-0.2, -0.15) is 0 Å². The van der Waals surface area contributed by atoms with Crippen LogP contribution in [-0.4, -0.2) is 44.9 Å². The molecule has 1 amide bonds. The van der Waals surface area contributed by atoms with E-state index in [1.165, 1.54) is 0 Å². The van der Waals surface area contributed by atoms with Gasteiger partial charge in [0.05, 0.1) is 0 Å². The lowest BCUT2D eigenvalue weighted by atomic mass is 9.91. The second-order valence-corrected chi connectivity index (χ2v) is 9.18. The van der Waals surface area contributed by atoms with Crippen LogP contribution in [0.5, 0.6) is 0 Å². The number of benzene rings is 1. The van der Waals surface area contributed by atoms with E-state index in [1.54, 1.807) is 23.5 Å². The number of hydrogen-bond acceptors (Lipinski definition) is 5. The summed E-state index contributed by atoms with van der Waals surface area (Å²) in [5.41, 5.74) is 1.84. The number of halogens is 1. The summed E-state index contributed by atoms with van der Waals surface area (Å²) < 4.78 is 0. The zero-order chi connectivity index (χ0) is 18.1. The first-order chi connectivity index (χ1) is 12.7. The van der Waals surface area contributed by atoms with Crippen LogP contribution in [0.3, 0.4) is 0 Å². The van der Waals surface area contributed by atoms with Crippen LogP contribution in [0.15, 0.2) is 40.5 Å². The molecule has 2 aromatic rings. The first-order valence-corrected chi connectivity index (χ1v) is 11.1. The van der Waals surface area contributed by atoms with Gasteiger partial charge < -0.3 is 4.90 Å². The van der Waals surface area contributed by atoms with E-state index in [0.29, 0.717) is 16.3 Å². The normalized spacial score (nSPS) is 21.4. The van der Waals surface area contributed by atoms with Crippen LogP contribution in [0, 0.1) is 0 Å². The Kier molecular flexibility index (Phi) is 5.43. The number of aromatic nitrogens is 2. The summed E-state index contributed by atoms with van der Waals surface area (Å²) in [6, 6.07) is 9.51. The third-order valence-electron chi connectivity index (χ3n) is 4.78. The topological polar surface area (TPSA) is 46.1 Å². The molecule has 0 radical (unpaired) electrons. The molecular weight excluding hydrogens is 386 g/mol. The summed E-state index contributed by atoms with van der Waals surface area (Å²) in [6.07, 6.45) is 1.99. The van der Waals surface area contributed by atoms with Crippen LogP contribution in [0.2, 0.25) is 5.15 Å². The van der Waals surface area contributed by atoms with Crippen LogP contribution < -0.4 is 0 Å². The molecule has 0 bridgehead atoms. The van der Waals surface area contributed by atoms with E-state index in [9.17, 15) is 4.79 Å². The van der Waals surface area contributed by atoms with Gasteiger partial charge in [0.25, 0.3) is 5.91 Å². The van der Waals surface area contributed by atoms with Crippen LogP contribution in [0.4, 0.5) is 0 Å². The lowest BCUT2D eigenvalue weighted by molar-refractivity contribution is 0.0719. The van der Waals surface area contributed by atoms with Crippen molar-refractivity contribution in [3.8, 4) is 0 Å². The van der Waals surface area contributed by atoms with Crippen molar-refractivity contribution in [2.45, 2.75) is 41.1 Å². The number of carbonyl (C=O) groups is 1. The molecule has 1 saturated heterocycles. The first kappa shape index (κ1) is 18.1. The summed E-state index contributed by atoms with van der Waals surface area (Å²) in [5.74, 6) is 1.44. The van der Waals surface area contributed by atoms with Gasteiger partial charge in [0.1, 0.15) is 10.2 Å². The van der Waals surface area contributed by atoms with Gasteiger partial charge in [-0.25, -0.2) is 9.97 Å². The van der Waals surface area contributed by atoms with Gasteiger partial charge in [-0.1, -0.05) is 48.5 Å². The summed E-state index contributed by atoms with van der Waals surface area (Å²) in [7, 11) is 0. The van der Waals surface area contributed by atoms with E-state index in [-0.39, 0.29) is 5.91 Å². The molecule has 2 aliphatic heterocycles. The quantitative estimate of drug-likeness (QED) is 0.417. The Labute approximate surface area is 167 Å². The zero-order valence-corrected chi connectivity index (χ0v) is 16.9. The minimum Gasteiger partial charge on any atom is -0.337 e. The third-order valence-corrected chi connectivity index (χ3v) is 7.44. The molecule has 4 rings (SSSR count). The number of amides is 1. The van der Waals surface area contributed by atoms with Crippen molar-refractivity contribution in [1.29, 1.82) is 0 Å². The van der Waals surface area contributed by atoms with Gasteiger partial charge in [-0.05, 0) is 25.0 Å².